The predicted octanol–water partition coefficient (Wildman–Crippen LogP) is 6.33. The first-order valence-corrected chi connectivity index (χ1v) is 16.9. The molecular formula is C36H43F4N3O4. The zero-order valence-electron chi connectivity index (χ0n) is 26.9. The second-order valence-corrected chi connectivity index (χ2v) is 14.6. The van der Waals surface area contributed by atoms with Crippen molar-refractivity contribution in [3.8, 4) is 5.75 Å². The van der Waals surface area contributed by atoms with Gasteiger partial charge in [0.05, 0.1) is 18.6 Å². The molecule has 3 saturated heterocycles. The number of carbonyl (C=O) groups is 2. The van der Waals surface area contributed by atoms with Crippen LogP contribution in [0.15, 0.2) is 42.5 Å². The highest BCUT2D eigenvalue weighted by Gasteiger charge is 2.59. The number of carbonyl (C=O) groups excluding carboxylic acids is 1. The van der Waals surface area contributed by atoms with E-state index in [2.05, 4.69) is 11.8 Å². The van der Waals surface area contributed by atoms with Crippen LogP contribution in [0.25, 0.3) is 0 Å². The number of ether oxygens (including phenoxy) is 1. The third kappa shape index (κ3) is 5.66. The van der Waals surface area contributed by atoms with E-state index in [1.54, 1.807) is 24.1 Å². The van der Waals surface area contributed by atoms with Gasteiger partial charge in [0.25, 0.3) is 5.91 Å². The lowest BCUT2D eigenvalue weighted by molar-refractivity contribution is -0.144. The minimum absolute atomic E-state index is 0.00438. The Labute approximate surface area is 272 Å². The van der Waals surface area contributed by atoms with Gasteiger partial charge < -0.3 is 19.6 Å². The highest BCUT2D eigenvalue weighted by Crippen LogP contribution is 2.52. The monoisotopic (exact) mass is 657 g/mol. The third-order valence-electron chi connectivity index (χ3n) is 12.0. The molecule has 0 spiro atoms. The van der Waals surface area contributed by atoms with Crippen molar-refractivity contribution in [2.45, 2.75) is 81.2 Å². The van der Waals surface area contributed by atoms with E-state index in [0.29, 0.717) is 42.4 Å². The summed E-state index contributed by atoms with van der Waals surface area (Å²) in [7, 11) is 1.57. The summed E-state index contributed by atoms with van der Waals surface area (Å²) in [6.45, 7) is 3.40. The van der Waals surface area contributed by atoms with Gasteiger partial charge in [0.1, 0.15) is 5.75 Å². The number of benzene rings is 2. The number of halogens is 4. The molecule has 4 fully saturated rings. The van der Waals surface area contributed by atoms with Gasteiger partial charge in [0.15, 0.2) is 0 Å². The van der Waals surface area contributed by atoms with Crippen LogP contribution in [0.4, 0.5) is 23.2 Å². The number of alkyl halides is 4. The molecule has 4 heterocycles. The molecule has 47 heavy (non-hydrogen) atoms. The van der Waals surface area contributed by atoms with Gasteiger partial charge in [-0.15, -0.1) is 0 Å². The van der Waals surface area contributed by atoms with Crippen molar-refractivity contribution >= 4 is 17.6 Å². The Morgan fingerprint density at radius 3 is 2.36 bits per heavy atom. The molecule has 1 amide bonds. The van der Waals surface area contributed by atoms with Crippen LogP contribution in [0.1, 0.15) is 74.0 Å². The molecule has 6 atom stereocenters. The Kier molecular flexibility index (Phi) is 8.20. The number of hydrogen-bond acceptors (Lipinski definition) is 5. The normalized spacial score (nSPS) is 34.0. The summed E-state index contributed by atoms with van der Waals surface area (Å²) in [5.41, 5.74) is -1.05. The van der Waals surface area contributed by atoms with Crippen molar-refractivity contribution in [1.29, 1.82) is 0 Å². The minimum Gasteiger partial charge on any atom is -0.497 e. The van der Waals surface area contributed by atoms with Crippen LogP contribution in [0.3, 0.4) is 0 Å². The summed E-state index contributed by atoms with van der Waals surface area (Å²) in [4.78, 5) is 32.3. The summed E-state index contributed by atoms with van der Waals surface area (Å²) in [6.07, 6.45) is 0.150. The van der Waals surface area contributed by atoms with Gasteiger partial charge in [0, 0.05) is 68.2 Å². The lowest BCUT2D eigenvalue weighted by Crippen LogP contribution is -2.53. The SMILES string of the molecule is COc1ccc([C@@H]2CN(C3CCC(C)CC3)C[C@@]2(F)C(=O)N2C[C@@H]3c4ccc(C(F)(F)F)cc4N4CCC(C(=O)O)CC4[C@H]3C2)cc1. The highest BCUT2D eigenvalue weighted by molar-refractivity contribution is 5.88. The molecule has 1 saturated carbocycles. The average Bonchev–Trinajstić information content (AvgIpc) is 3.67. The van der Waals surface area contributed by atoms with E-state index in [1.807, 2.05) is 17.0 Å². The smallest absolute Gasteiger partial charge is 0.416 e. The largest absolute Gasteiger partial charge is 0.497 e. The fraction of sp³-hybridized carbons (Fsp3) is 0.611. The number of anilines is 1. The molecule has 2 unspecified atom stereocenters. The molecule has 7 rings (SSSR count). The van der Waals surface area contributed by atoms with Gasteiger partial charge in [-0.1, -0.05) is 25.1 Å². The molecule has 0 radical (unpaired) electrons. The number of nitrogens with zero attached hydrogens (tertiary/aromatic N) is 3. The third-order valence-corrected chi connectivity index (χ3v) is 12.0. The van der Waals surface area contributed by atoms with Crippen molar-refractivity contribution in [2.75, 3.05) is 44.7 Å². The number of amides is 1. The van der Waals surface area contributed by atoms with E-state index >= 15 is 4.39 Å². The topological polar surface area (TPSA) is 73.3 Å². The van der Waals surface area contributed by atoms with Crippen LogP contribution in [0.5, 0.6) is 5.75 Å². The van der Waals surface area contributed by atoms with Crippen molar-refractivity contribution in [2.24, 2.45) is 17.8 Å². The van der Waals surface area contributed by atoms with Crippen LogP contribution in [-0.4, -0.2) is 84.4 Å². The molecule has 5 aliphatic rings. The summed E-state index contributed by atoms with van der Waals surface area (Å²) < 4.78 is 64.5. The first-order valence-electron chi connectivity index (χ1n) is 16.9. The molecule has 11 heteroatoms. The van der Waals surface area contributed by atoms with Crippen molar-refractivity contribution < 1.29 is 37.0 Å². The van der Waals surface area contributed by atoms with Gasteiger partial charge in [0.2, 0.25) is 5.67 Å². The first kappa shape index (κ1) is 32.2. The summed E-state index contributed by atoms with van der Waals surface area (Å²) in [6, 6.07) is 10.9. The van der Waals surface area contributed by atoms with Crippen molar-refractivity contribution in [3.63, 3.8) is 0 Å². The molecule has 1 aliphatic carbocycles. The maximum atomic E-state index is 17.8. The van der Waals surface area contributed by atoms with E-state index in [9.17, 15) is 27.9 Å². The zero-order chi connectivity index (χ0) is 33.2. The second-order valence-electron chi connectivity index (χ2n) is 14.6. The number of carboxylic acids is 1. The Morgan fingerprint density at radius 2 is 1.70 bits per heavy atom. The standard InChI is InChI=1S/C36H43F4N3O4/c1-21-3-8-25(9-4-21)42-19-30(22-5-10-26(47-2)11-6-22)35(37,20-42)34(46)41-17-28-27-12-7-24(36(38,39)40)16-32(27)43-14-13-23(33(44)45)15-31(43)29(28)18-41/h5-7,10-12,16,21,23,25,28-31H,3-4,8-9,13-15,17-20H2,1-2H3,(H,44,45)/t21?,23?,25?,28-,29+,30+,31?,35+/m1/s1. The van der Waals surface area contributed by atoms with Gasteiger partial charge in [-0.25, -0.2) is 4.39 Å². The zero-order valence-corrected chi connectivity index (χ0v) is 26.9. The number of carboxylic acid groups (broad SMARTS) is 1. The second kappa shape index (κ2) is 12.0. The van der Waals surface area contributed by atoms with Crippen molar-refractivity contribution in [3.05, 3.63) is 59.2 Å². The average molecular weight is 658 g/mol. The van der Waals surface area contributed by atoms with Gasteiger partial charge in [-0.05, 0) is 79.8 Å². The quantitative estimate of drug-likeness (QED) is 0.380. The predicted molar refractivity (Wildman–Crippen MR) is 168 cm³/mol. The Hall–Kier alpha value is -3.34. The number of aliphatic carboxylic acids is 1. The maximum absolute atomic E-state index is 17.8. The van der Waals surface area contributed by atoms with Gasteiger partial charge >= 0.3 is 12.1 Å². The van der Waals surface area contributed by atoms with Crippen LogP contribution in [0.2, 0.25) is 0 Å². The Morgan fingerprint density at radius 1 is 0.979 bits per heavy atom. The number of fused-ring (bicyclic) bond motifs is 6. The minimum atomic E-state index is -4.53. The molecular weight excluding hydrogens is 614 g/mol. The van der Waals surface area contributed by atoms with E-state index in [0.717, 1.165) is 37.3 Å². The number of likely N-dealkylation sites (tertiary alicyclic amines) is 2. The molecule has 0 bridgehead atoms. The van der Waals surface area contributed by atoms with Crippen LogP contribution < -0.4 is 9.64 Å². The first-order chi connectivity index (χ1) is 22.4. The number of piperidine rings is 1. The molecule has 2 aromatic rings. The molecule has 254 valence electrons. The molecule has 4 aliphatic heterocycles. The Balaban J connectivity index is 1.21. The van der Waals surface area contributed by atoms with Crippen LogP contribution in [0, 0.1) is 17.8 Å². The van der Waals surface area contributed by atoms with E-state index < -0.39 is 41.1 Å². The number of hydrogen-bond donors (Lipinski definition) is 1. The van der Waals surface area contributed by atoms with E-state index in [1.165, 1.54) is 12.1 Å². The van der Waals surface area contributed by atoms with E-state index in [4.69, 9.17) is 4.74 Å². The lowest BCUT2D eigenvalue weighted by Gasteiger charge is -2.49. The fourth-order valence-corrected chi connectivity index (χ4v) is 9.34. The summed E-state index contributed by atoms with van der Waals surface area (Å²) in [5, 5.41) is 9.86. The van der Waals surface area contributed by atoms with Crippen LogP contribution >= 0.6 is 0 Å². The molecule has 0 aromatic heterocycles. The lowest BCUT2D eigenvalue weighted by atomic mass is 9.73. The number of rotatable bonds is 5. The fourth-order valence-electron chi connectivity index (χ4n) is 9.34. The molecule has 1 N–H and O–H groups in total. The summed E-state index contributed by atoms with van der Waals surface area (Å²) in [5.74, 6) is -2.06. The van der Waals surface area contributed by atoms with Crippen molar-refractivity contribution in [1.82, 2.24) is 9.80 Å². The highest BCUT2D eigenvalue weighted by atomic mass is 19.4. The summed E-state index contributed by atoms with van der Waals surface area (Å²) >= 11 is 0. The molecule has 7 nitrogen and oxygen atoms in total. The van der Waals surface area contributed by atoms with Crippen LogP contribution in [-0.2, 0) is 15.8 Å². The Bertz CT molecular complexity index is 1510. The molecule has 2 aromatic carbocycles. The van der Waals surface area contributed by atoms with Gasteiger partial charge in [-0.2, -0.15) is 13.2 Å². The number of methoxy groups -OCH3 is 1. The van der Waals surface area contributed by atoms with Gasteiger partial charge in [-0.3, -0.25) is 14.5 Å². The maximum Gasteiger partial charge on any atom is 0.416 e. The van der Waals surface area contributed by atoms with E-state index in [-0.39, 0.29) is 50.0 Å².